The lowest BCUT2D eigenvalue weighted by Gasteiger charge is -2.03. The number of pyridine rings is 1. The molecule has 0 atom stereocenters. The zero-order chi connectivity index (χ0) is 14.7. The van der Waals surface area contributed by atoms with E-state index in [9.17, 15) is 4.79 Å². The number of hydrogen-bond acceptors (Lipinski definition) is 3. The molecule has 0 aliphatic heterocycles. The largest absolute Gasteiger partial charge is 0.319 e. The van der Waals surface area contributed by atoms with Crippen molar-refractivity contribution in [3.05, 3.63) is 66.6 Å². The molecule has 21 heavy (non-hydrogen) atoms. The van der Waals surface area contributed by atoms with Crippen LogP contribution >= 0.6 is 0 Å². The minimum Gasteiger partial charge on any atom is -0.319 e. The first-order chi connectivity index (χ1) is 10.2. The first-order valence-electron chi connectivity index (χ1n) is 6.55. The lowest BCUT2D eigenvalue weighted by molar-refractivity contribution is 0.101. The summed E-state index contributed by atoms with van der Waals surface area (Å²) in [6.07, 6.45) is 3.26. The number of aryl methyl sites for hydroxylation is 1. The highest BCUT2D eigenvalue weighted by atomic mass is 16.2. The van der Waals surface area contributed by atoms with Gasteiger partial charge in [0.15, 0.2) is 0 Å². The summed E-state index contributed by atoms with van der Waals surface area (Å²) in [5.74, 6) is -0.208. The van der Waals surface area contributed by atoms with Crippen LogP contribution in [-0.2, 0) is 7.05 Å². The van der Waals surface area contributed by atoms with Crippen LogP contribution < -0.4 is 5.32 Å². The molecule has 3 aromatic rings. The van der Waals surface area contributed by atoms with Crippen LogP contribution in [-0.4, -0.2) is 20.7 Å². The van der Waals surface area contributed by atoms with Gasteiger partial charge in [-0.25, -0.2) is 0 Å². The fraction of sp³-hybridized carbons (Fsp3) is 0.0625. The second-order valence-electron chi connectivity index (χ2n) is 4.60. The standard InChI is InChI=1S/C16H14N4O/c1-20-15(16(21)18-13-8-5-9-17-11-13)10-14(19-20)12-6-3-2-4-7-12/h2-11H,1H3,(H,18,21). The molecule has 2 aromatic heterocycles. The zero-order valence-corrected chi connectivity index (χ0v) is 11.5. The number of aromatic nitrogens is 3. The predicted octanol–water partition coefficient (Wildman–Crippen LogP) is 2.73. The van der Waals surface area contributed by atoms with E-state index in [1.165, 1.54) is 0 Å². The zero-order valence-electron chi connectivity index (χ0n) is 11.5. The van der Waals surface area contributed by atoms with E-state index < -0.39 is 0 Å². The van der Waals surface area contributed by atoms with Crippen molar-refractivity contribution in [2.75, 3.05) is 5.32 Å². The van der Waals surface area contributed by atoms with Crippen LogP contribution in [0.3, 0.4) is 0 Å². The van der Waals surface area contributed by atoms with Crippen LogP contribution in [0.15, 0.2) is 60.9 Å². The van der Waals surface area contributed by atoms with Crippen molar-refractivity contribution in [2.24, 2.45) is 7.05 Å². The lowest BCUT2D eigenvalue weighted by Crippen LogP contribution is -2.16. The number of benzene rings is 1. The number of amides is 1. The van der Waals surface area contributed by atoms with Crippen LogP contribution in [0, 0.1) is 0 Å². The fourth-order valence-corrected chi connectivity index (χ4v) is 2.06. The van der Waals surface area contributed by atoms with E-state index in [-0.39, 0.29) is 5.91 Å². The molecule has 5 nitrogen and oxygen atoms in total. The molecule has 0 fully saturated rings. The van der Waals surface area contributed by atoms with E-state index in [4.69, 9.17) is 0 Å². The van der Waals surface area contributed by atoms with Crippen molar-refractivity contribution >= 4 is 11.6 Å². The van der Waals surface area contributed by atoms with Crippen LogP contribution in [0.1, 0.15) is 10.5 Å². The van der Waals surface area contributed by atoms with Crippen LogP contribution in [0.5, 0.6) is 0 Å². The van der Waals surface area contributed by atoms with Gasteiger partial charge in [-0.3, -0.25) is 14.5 Å². The van der Waals surface area contributed by atoms with Gasteiger partial charge in [-0.1, -0.05) is 30.3 Å². The summed E-state index contributed by atoms with van der Waals surface area (Å²) in [5.41, 5.74) is 2.91. The summed E-state index contributed by atoms with van der Waals surface area (Å²) in [5, 5.41) is 7.19. The summed E-state index contributed by atoms with van der Waals surface area (Å²) in [6.45, 7) is 0. The van der Waals surface area contributed by atoms with Crippen LogP contribution in [0.2, 0.25) is 0 Å². The van der Waals surface area contributed by atoms with Gasteiger partial charge in [0, 0.05) is 18.8 Å². The summed E-state index contributed by atoms with van der Waals surface area (Å²) >= 11 is 0. The predicted molar refractivity (Wildman–Crippen MR) is 80.8 cm³/mol. The molecule has 0 saturated heterocycles. The Labute approximate surface area is 122 Å². The smallest absolute Gasteiger partial charge is 0.273 e. The normalized spacial score (nSPS) is 10.3. The lowest BCUT2D eigenvalue weighted by atomic mass is 10.1. The highest BCUT2D eigenvalue weighted by Crippen LogP contribution is 2.19. The number of rotatable bonds is 3. The van der Waals surface area contributed by atoms with Gasteiger partial charge in [0.2, 0.25) is 0 Å². The Morgan fingerprint density at radius 3 is 2.67 bits per heavy atom. The van der Waals surface area contributed by atoms with Crippen molar-refractivity contribution in [2.45, 2.75) is 0 Å². The molecule has 0 saturated carbocycles. The number of nitrogens with zero attached hydrogens (tertiary/aromatic N) is 3. The quantitative estimate of drug-likeness (QED) is 0.801. The van der Waals surface area contributed by atoms with E-state index in [0.717, 1.165) is 11.3 Å². The van der Waals surface area contributed by atoms with E-state index in [1.807, 2.05) is 30.3 Å². The number of anilines is 1. The highest BCUT2D eigenvalue weighted by molar-refractivity contribution is 6.03. The van der Waals surface area contributed by atoms with Gasteiger partial charge in [-0.15, -0.1) is 0 Å². The summed E-state index contributed by atoms with van der Waals surface area (Å²) in [4.78, 5) is 16.2. The highest BCUT2D eigenvalue weighted by Gasteiger charge is 2.14. The molecule has 5 heteroatoms. The number of nitrogens with one attached hydrogen (secondary N) is 1. The fourth-order valence-electron chi connectivity index (χ4n) is 2.06. The number of hydrogen-bond donors (Lipinski definition) is 1. The van der Waals surface area contributed by atoms with E-state index in [0.29, 0.717) is 11.4 Å². The van der Waals surface area contributed by atoms with Gasteiger partial charge in [0.1, 0.15) is 5.69 Å². The Balaban J connectivity index is 1.86. The molecule has 2 heterocycles. The minimum absolute atomic E-state index is 0.208. The second kappa shape index (κ2) is 5.58. The molecule has 3 rings (SSSR count). The molecular weight excluding hydrogens is 264 g/mol. The molecule has 1 aromatic carbocycles. The third-order valence-electron chi connectivity index (χ3n) is 3.10. The topological polar surface area (TPSA) is 59.8 Å². The maximum atomic E-state index is 12.3. The molecule has 0 spiro atoms. The Hall–Kier alpha value is -2.95. The molecule has 0 bridgehead atoms. The maximum Gasteiger partial charge on any atom is 0.273 e. The summed E-state index contributed by atoms with van der Waals surface area (Å²) in [7, 11) is 1.75. The average Bonchev–Trinajstić information content (AvgIpc) is 2.91. The monoisotopic (exact) mass is 278 g/mol. The Morgan fingerprint density at radius 1 is 1.14 bits per heavy atom. The third kappa shape index (κ3) is 2.81. The first kappa shape index (κ1) is 13.1. The van der Waals surface area contributed by atoms with Crippen molar-refractivity contribution < 1.29 is 4.79 Å². The maximum absolute atomic E-state index is 12.3. The van der Waals surface area contributed by atoms with Gasteiger partial charge in [-0.2, -0.15) is 5.10 Å². The van der Waals surface area contributed by atoms with E-state index in [2.05, 4.69) is 15.4 Å². The van der Waals surface area contributed by atoms with Crippen LogP contribution in [0.25, 0.3) is 11.3 Å². The van der Waals surface area contributed by atoms with E-state index >= 15 is 0 Å². The summed E-state index contributed by atoms with van der Waals surface area (Å²) < 4.78 is 1.58. The van der Waals surface area contributed by atoms with Gasteiger partial charge in [0.25, 0.3) is 5.91 Å². The summed E-state index contributed by atoms with van der Waals surface area (Å²) in [6, 6.07) is 15.1. The van der Waals surface area contributed by atoms with Gasteiger partial charge < -0.3 is 5.32 Å². The van der Waals surface area contributed by atoms with Crippen molar-refractivity contribution in [1.82, 2.24) is 14.8 Å². The van der Waals surface area contributed by atoms with Crippen molar-refractivity contribution in [1.29, 1.82) is 0 Å². The SMILES string of the molecule is Cn1nc(-c2ccccc2)cc1C(=O)Nc1cccnc1. The third-order valence-corrected chi connectivity index (χ3v) is 3.10. The Kier molecular flexibility index (Phi) is 3.47. The molecule has 104 valence electrons. The minimum atomic E-state index is -0.208. The molecule has 0 unspecified atom stereocenters. The molecular formula is C16H14N4O. The average molecular weight is 278 g/mol. The molecule has 0 radical (unpaired) electrons. The van der Waals surface area contributed by atoms with Crippen LogP contribution in [0.4, 0.5) is 5.69 Å². The van der Waals surface area contributed by atoms with Crippen molar-refractivity contribution in [3.8, 4) is 11.3 Å². The van der Waals surface area contributed by atoms with E-state index in [1.54, 1.807) is 42.3 Å². The van der Waals surface area contributed by atoms with Gasteiger partial charge in [0.05, 0.1) is 17.6 Å². The van der Waals surface area contributed by atoms with Crippen molar-refractivity contribution in [3.63, 3.8) is 0 Å². The Morgan fingerprint density at radius 2 is 1.95 bits per heavy atom. The molecule has 1 N–H and O–H groups in total. The van der Waals surface area contributed by atoms with Gasteiger partial charge in [-0.05, 0) is 18.2 Å². The number of carbonyl (C=O) groups excluding carboxylic acids is 1. The number of carbonyl (C=O) groups is 1. The second-order valence-corrected chi connectivity index (χ2v) is 4.60. The van der Waals surface area contributed by atoms with Gasteiger partial charge >= 0.3 is 0 Å². The Bertz CT molecular complexity index is 750. The first-order valence-corrected chi connectivity index (χ1v) is 6.55. The molecule has 0 aliphatic rings. The molecule has 1 amide bonds. The molecule has 0 aliphatic carbocycles.